The largest absolute Gasteiger partial charge is 0.325 e. The van der Waals surface area contributed by atoms with Crippen LogP contribution in [-0.4, -0.2) is 11.9 Å². The van der Waals surface area contributed by atoms with Gasteiger partial charge in [0.1, 0.15) is 0 Å². The smallest absolute Gasteiger partial charge is 0.241 e. The summed E-state index contributed by atoms with van der Waals surface area (Å²) < 4.78 is 0. The van der Waals surface area contributed by atoms with Crippen molar-refractivity contribution in [2.75, 3.05) is 5.32 Å². The highest BCUT2D eigenvalue weighted by atomic mass is 32.2. The van der Waals surface area contributed by atoms with Crippen molar-refractivity contribution in [3.8, 4) is 0 Å². The zero-order chi connectivity index (χ0) is 19.1. The van der Waals surface area contributed by atoms with Crippen LogP contribution in [0, 0.1) is 6.92 Å². The van der Waals surface area contributed by atoms with E-state index in [1.807, 2.05) is 48.5 Å². The van der Waals surface area contributed by atoms with Crippen LogP contribution in [0.3, 0.4) is 0 Å². The lowest BCUT2D eigenvalue weighted by atomic mass is 10.1. The van der Waals surface area contributed by atoms with Gasteiger partial charge in [-0.2, -0.15) is 0 Å². The van der Waals surface area contributed by atoms with Crippen molar-refractivity contribution in [3.63, 3.8) is 0 Å². The molecule has 138 valence electrons. The number of rotatable bonds is 7. The molecule has 0 aliphatic heterocycles. The predicted octanol–water partition coefficient (Wildman–Crippen LogP) is 4.80. The fourth-order valence-corrected chi connectivity index (χ4v) is 3.79. The van der Waals surface area contributed by atoms with Crippen LogP contribution in [0.2, 0.25) is 0 Å². The van der Waals surface area contributed by atoms with Crippen LogP contribution in [0.5, 0.6) is 0 Å². The van der Waals surface area contributed by atoms with Crippen LogP contribution in [0.1, 0.15) is 16.7 Å². The molecule has 1 atom stereocenters. The fraction of sp³-hybridized carbons (Fsp3) is 0.174. The normalized spacial score (nSPS) is 11.8. The summed E-state index contributed by atoms with van der Waals surface area (Å²) in [5.41, 5.74) is 10.3. The second-order valence-corrected chi connectivity index (χ2v) is 7.56. The van der Waals surface area contributed by atoms with Crippen LogP contribution in [0.25, 0.3) is 0 Å². The van der Waals surface area contributed by atoms with E-state index >= 15 is 0 Å². The Morgan fingerprint density at radius 2 is 1.59 bits per heavy atom. The van der Waals surface area contributed by atoms with Gasteiger partial charge in [0.2, 0.25) is 5.91 Å². The van der Waals surface area contributed by atoms with Crippen molar-refractivity contribution >= 4 is 23.4 Å². The number of anilines is 1. The summed E-state index contributed by atoms with van der Waals surface area (Å²) in [4.78, 5) is 13.6. The van der Waals surface area contributed by atoms with E-state index in [4.69, 9.17) is 5.73 Å². The Hall–Kier alpha value is -2.56. The van der Waals surface area contributed by atoms with E-state index in [0.717, 1.165) is 22.6 Å². The topological polar surface area (TPSA) is 55.1 Å². The second kappa shape index (κ2) is 9.40. The van der Waals surface area contributed by atoms with Crippen molar-refractivity contribution in [3.05, 3.63) is 95.6 Å². The summed E-state index contributed by atoms with van der Waals surface area (Å²) in [7, 11) is 0. The van der Waals surface area contributed by atoms with Gasteiger partial charge in [-0.15, -0.1) is 11.8 Å². The Balaban J connectivity index is 1.57. The standard InChI is InChI=1S/C23H24N2OS/c1-17-14-20(12-13-22(17)27-16-19-10-6-3-7-11-19)25-23(26)21(24)15-18-8-4-2-5-9-18/h2-14,21H,15-16,24H2,1H3,(H,25,26)/t21-/m0/s1. The number of nitrogens with one attached hydrogen (secondary N) is 1. The first-order valence-electron chi connectivity index (χ1n) is 8.99. The van der Waals surface area contributed by atoms with Gasteiger partial charge < -0.3 is 11.1 Å². The zero-order valence-corrected chi connectivity index (χ0v) is 16.2. The maximum atomic E-state index is 12.4. The van der Waals surface area contributed by atoms with Crippen molar-refractivity contribution in [2.24, 2.45) is 5.73 Å². The molecule has 3 rings (SSSR count). The van der Waals surface area contributed by atoms with E-state index in [1.165, 1.54) is 10.5 Å². The maximum absolute atomic E-state index is 12.4. The van der Waals surface area contributed by atoms with Gasteiger partial charge in [0.15, 0.2) is 0 Å². The van der Waals surface area contributed by atoms with Gasteiger partial charge in [-0.25, -0.2) is 0 Å². The molecule has 1 amide bonds. The molecule has 0 saturated heterocycles. The monoisotopic (exact) mass is 376 g/mol. The molecule has 3 aromatic carbocycles. The van der Waals surface area contributed by atoms with E-state index in [1.54, 1.807) is 11.8 Å². The number of aryl methyl sites for hydroxylation is 1. The summed E-state index contributed by atoms with van der Waals surface area (Å²) in [5, 5.41) is 2.93. The minimum atomic E-state index is -0.570. The first kappa shape index (κ1) is 19.2. The van der Waals surface area contributed by atoms with Crippen LogP contribution in [0.4, 0.5) is 5.69 Å². The van der Waals surface area contributed by atoms with Crippen molar-refractivity contribution in [2.45, 2.75) is 30.0 Å². The molecule has 3 N–H and O–H groups in total. The second-order valence-electron chi connectivity index (χ2n) is 6.54. The number of hydrogen-bond acceptors (Lipinski definition) is 3. The first-order chi connectivity index (χ1) is 13.1. The molecular formula is C23H24N2OS. The highest BCUT2D eigenvalue weighted by Crippen LogP contribution is 2.28. The third-order valence-electron chi connectivity index (χ3n) is 4.31. The minimum absolute atomic E-state index is 0.164. The van der Waals surface area contributed by atoms with E-state index < -0.39 is 6.04 Å². The molecule has 0 heterocycles. The molecule has 0 aliphatic rings. The van der Waals surface area contributed by atoms with Gasteiger partial charge in [0, 0.05) is 16.3 Å². The van der Waals surface area contributed by atoms with E-state index in [-0.39, 0.29) is 5.91 Å². The van der Waals surface area contributed by atoms with Crippen molar-refractivity contribution in [1.29, 1.82) is 0 Å². The Morgan fingerprint density at radius 1 is 0.963 bits per heavy atom. The molecule has 0 saturated carbocycles. The first-order valence-corrected chi connectivity index (χ1v) is 9.98. The maximum Gasteiger partial charge on any atom is 0.241 e. The number of carbonyl (C=O) groups is 1. The number of benzene rings is 3. The Kier molecular flexibility index (Phi) is 6.69. The molecule has 0 fully saturated rings. The van der Waals surface area contributed by atoms with Gasteiger partial charge in [-0.3, -0.25) is 4.79 Å². The van der Waals surface area contributed by atoms with Gasteiger partial charge in [0.05, 0.1) is 6.04 Å². The fourth-order valence-electron chi connectivity index (χ4n) is 2.82. The molecule has 0 aliphatic carbocycles. The zero-order valence-electron chi connectivity index (χ0n) is 15.4. The third-order valence-corrected chi connectivity index (χ3v) is 5.56. The Labute approximate surface area is 165 Å². The lowest BCUT2D eigenvalue weighted by Gasteiger charge is -2.14. The van der Waals surface area contributed by atoms with E-state index in [9.17, 15) is 4.79 Å². The minimum Gasteiger partial charge on any atom is -0.325 e. The molecule has 27 heavy (non-hydrogen) atoms. The highest BCUT2D eigenvalue weighted by Gasteiger charge is 2.14. The lowest BCUT2D eigenvalue weighted by molar-refractivity contribution is -0.117. The summed E-state index contributed by atoms with van der Waals surface area (Å²) in [5.74, 6) is 0.762. The molecule has 0 spiro atoms. The molecule has 0 bridgehead atoms. The molecule has 0 unspecified atom stereocenters. The predicted molar refractivity (Wildman–Crippen MR) is 114 cm³/mol. The van der Waals surface area contributed by atoms with Gasteiger partial charge in [-0.05, 0) is 48.2 Å². The van der Waals surface area contributed by atoms with E-state index in [2.05, 4.69) is 42.6 Å². The number of carbonyl (C=O) groups excluding carboxylic acids is 1. The van der Waals surface area contributed by atoms with Gasteiger partial charge in [-0.1, -0.05) is 60.7 Å². The molecule has 4 heteroatoms. The highest BCUT2D eigenvalue weighted by molar-refractivity contribution is 7.98. The van der Waals surface area contributed by atoms with Crippen molar-refractivity contribution < 1.29 is 4.79 Å². The lowest BCUT2D eigenvalue weighted by Crippen LogP contribution is -2.37. The van der Waals surface area contributed by atoms with Crippen molar-refractivity contribution in [1.82, 2.24) is 0 Å². The van der Waals surface area contributed by atoms with Gasteiger partial charge in [0.25, 0.3) is 0 Å². The Bertz CT molecular complexity index is 881. The van der Waals surface area contributed by atoms with Crippen LogP contribution >= 0.6 is 11.8 Å². The third kappa shape index (κ3) is 5.71. The summed E-state index contributed by atoms with van der Waals surface area (Å²) in [6.45, 7) is 2.06. The molecule has 3 nitrogen and oxygen atoms in total. The molecule has 3 aromatic rings. The summed E-state index contributed by atoms with van der Waals surface area (Å²) in [6, 6.07) is 25.6. The Morgan fingerprint density at radius 3 is 2.22 bits per heavy atom. The molecule has 0 radical (unpaired) electrons. The SMILES string of the molecule is Cc1cc(NC(=O)[C@@H](N)Cc2ccccc2)ccc1SCc1ccccc1. The number of hydrogen-bond donors (Lipinski definition) is 2. The number of amides is 1. The van der Waals surface area contributed by atoms with Crippen LogP contribution in [-0.2, 0) is 17.0 Å². The quantitative estimate of drug-likeness (QED) is 0.583. The van der Waals surface area contributed by atoms with Gasteiger partial charge >= 0.3 is 0 Å². The number of thioether (sulfide) groups is 1. The molecular weight excluding hydrogens is 352 g/mol. The summed E-state index contributed by atoms with van der Waals surface area (Å²) in [6.07, 6.45) is 0.524. The molecule has 0 aromatic heterocycles. The average molecular weight is 377 g/mol. The van der Waals surface area contributed by atoms with E-state index in [0.29, 0.717) is 6.42 Å². The average Bonchev–Trinajstić information content (AvgIpc) is 2.69. The summed E-state index contributed by atoms with van der Waals surface area (Å²) >= 11 is 1.80. The van der Waals surface area contributed by atoms with Crippen LogP contribution in [0.15, 0.2) is 83.8 Å². The number of nitrogens with two attached hydrogens (primary N) is 1. The van der Waals surface area contributed by atoms with Crippen LogP contribution < -0.4 is 11.1 Å².